The monoisotopic (exact) mass is 383 g/mol. The van der Waals surface area contributed by atoms with Crippen molar-refractivity contribution in [2.75, 3.05) is 5.32 Å². The van der Waals surface area contributed by atoms with Crippen LogP contribution in [-0.2, 0) is 6.54 Å². The van der Waals surface area contributed by atoms with Gasteiger partial charge in [-0.05, 0) is 70.7 Å². The molecule has 0 aliphatic heterocycles. The fourth-order valence-electron chi connectivity index (χ4n) is 2.15. The fourth-order valence-corrected chi connectivity index (χ4v) is 3.08. The Hall–Kier alpha value is -0.740. The van der Waals surface area contributed by atoms with Crippen LogP contribution < -0.4 is 5.32 Å². The predicted molar refractivity (Wildman–Crippen MR) is 89.9 cm³/mol. The first kappa shape index (κ1) is 13.3. The van der Waals surface area contributed by atoms with Crippen LogP contribution in [0.3, 0.4) is 0 Å². The van der Waals surface area contributed by atoms with Gasteiger partial charge < -0.3 is 5.32 Å². The van der Waals surface area contributed by atoms with Crippen LogP contribution in [0, 0.1) is 3.57 Å². The molecule has 1 nitrogen and oxygen atoms in total. The molecule has 0 heterocycles. The largest absolute Gasteiger partial charge is 0.380 e. The molecule has 1 saturated carbocycles. The van der Waals surface area contributed by atoms with Crippen molar-refractivity contribution in [1.29, 1.82) is 0 Å². The molecule has 98 valence electrons. The lowest BCUT2D eigenvalue weighted by molar-refractivity contribution is 1.10. The predicted octanol–water partition coefficient (Wildman–Crippen LogP) is 5.43. The molecule has 0 radical (unpaired) electrons. The van der Waals surface area contributed by atoms with Gasteiger partial charge in [-0.1, -0.05) is 35.9 Å². The Morgan fingerprint density at radius 1 is 1.11 bits per heavy atom. The Morgan fingerprint density at radius 3 is 2.47 bits per heavy atom. The second kappa shape index (κ2) is 5.71. The third-order valence-electron chi connectivity index (χ3n) is 3.44. The van der Waals surface area contributed by atoms with E-state index in [1.165, 1.54) is 24.0 Å². The Labute approximate surface area is 132 Å². The molecule has 3 rings (SSSR count). The van der Waals surface area contributed by atoms with Crippen LogP contribution in [0.2, 0.25) is 5.02 Å². The van der Waals surface area contributed by atoms with Gasteiger partial charge in [0.1, 0.15) is 0 Å². The topological polar surface area (TPSA) is 12.0 Å². The number of rotatable bonds is 4. The molecule has 1 aliphatic rings. The van der Waals surface area contributed by atoms with Gasteiger partial charge in [-0.25, -0.2) is 0 Å². The maximum absolute atomic E-state index is 6.20. The summed E-state index contributed by atoms with van der Waals surface area (Å²) in [7, 11) is 0. The molecule has 0 aromatic heterocycles. The second-order valence-corrected chi connectivity index (χ2v) is 6.65. The lowest BCUT2D eigenvalue weighted by Crippen LogP contribution is -2.00. The van der Waals surface area contributed by atoms with E-state index in [0.717, 1.165) is 26.7 Å². The molecule has 1 fully saturated rings. The van der Waals surface area contributed by atoms with Crippen molar-refractivity contribution < 1.29 is 0 Å². The maximum Gasteiger partial charge on any atom is 0.0648 e. The van der Waals surface area contributed by atoms with E-state index >= 15 is 0 Å². The first-order chi connectivity index (χ1) is 9.22. The van der Waals surface area contributed by atoms with E-state index in [0.29, 0.717) is 0 Å². The summed E-state index contributed by atoms with van der Waals surface area (Å²) < 4.78 is 1.15. The van der Waals surface area contributed by atoms with E-state index < -0.39 is 0 Å². The molecule has 1 aliphatic carbocycles. The van der Waals surface area contributed by atoms with Gasteiger partial charge in [0, 0.05) is 10.1 Å². The quantitative estimate of drug-likeness (QED) is 0.694. The normalized spacial score (nSPS) is 14.4. The van der Waals surface area contributed by atoms with Crippen molar-refractivity contribution in [3.8, 4) is 0 Å². The molecular weight excluding hydrogens is 369 g/mol. The average molecular weight is 384 g/mol. The van der Waals surface area contributed by atoms with Gasteiger partial charge in [0.05, 0.1) is 10.7 Å². The second-order valence-electron chi connectivity index (χ2n) is 4.99. The van der Waals surface area contributed by atoms with Crippen LogP contribution in [-0.4, -0.2) is 0 Å². The minimum Gasteiger partial charge on any atom is -0.380 e. The van der Waals surface area contributed by atoms with Gasteiger partial charge in [0.15, 0.2) is 0 Å². The third kappa shape index (κ3) is 3.42. The average Bonchev–Trinajstić information content (AvgIpc) is 3.23. The number of halogens is 2. The van der Waals surface area contributed by atoms with Gasteiger partial charge in [0.25, 0.3) is 0 Å². The zero-order chi connectivity index (χ0) is 13.2. The SMILES string of the molecule is Clc1cc(I)ccc1NCc1ccc(C2CC2)cc1. The van der Waals surface area contributed by atoms with Crippen molar-refractivity contribution in [2.45, 2.75) is 25.3 Å². The minimum absolute atomic E-state index is 0.779. The molecule has 0 spiro atoms. The molecule has 0 atom stereocenters. The number of benzene rings is 2. The van der Waals surface area contributed by atoms with Crippen molar-refractivity contribution >= 4 is 39.9 Å². The Balaban J connectivity index is 1.64. The summed E-state index contributed by atoms with van der Waals surface area (Å²) in [5, 5.41) is 4.16. The fraction of sp³-hybridized carbons (Fsp3) is 0.250. The first-order valence-electron chi connectivity index (χ1n) is 6.50. The Morgan fingerprint density at radius 2 is 1.84 bits per heavy atom. The molecule has 2 aromatic rings. The van der Waals surface area contributed by atoms with Crippen LogP contribution in [0.4, 0.5) is 5.69 Å². The van der Waals surface area contributed by atoms with Gasteiger partial charge in [-0.15, -0.1) is 0 Å². The van der Waals surface area contributed by atoms with E-state index in [2.05, 4.69) is 58.2 Å². The van der Waals surface area contributed by atoms with Gasteiger partial charge in [0.2, 0.25) is 0 Å². The van der Waals surface area contributed by atoms with Crippen molar-refractivity contribution in [3.05, 3.63) is 62.2 Å². The highest BCUT2D eigenvalue weighted by Gasteiger charge is 2.22. The molecule has 0 bridgehead atoms. The summed E-state index contributed by atoms with van der Waals surface area (Å²) in [6.07, 6.45) is 2.71. The van der Waals surface area contributed by atoms with E-state index in [9.17, 15) is 0 Å². The summed E-state index contributed by atoms with van der Waals surface area (Å²) in [4.78, 5) is 0. The number of hydrogen-bond donors (Lipinski definition) is 1. The molecule has 0 amide bonds. The lowest BCUT2D eigenvalue weighted by Gasteiger charge is -2.09. The highest BCUT2D eigenvalue weighted by Crippen LogP contribution is 2.39. The zero-order valence-electron chi connectivity index (χ0n) is 10.5. The highest BCUT2D eigenvalue weighted by molar-refractivity contribution is 14.1. The van der Waals surface area contributed by atoms with Crippen molar-refractivity contribution in [1.82, 2.24) is 0 Å². The number of hydrogen-bond acceptors (Lipinski definition) is 1. The van der Waals surface area contributed by atoms with E-state index in [4.69, 9.17) is 11.6 Å². The van der Waals surface area contributed by atoms with Crippen LogP contribution >= 0.6 is 34.2 Å². The van der Waals surface area contributed by atoms with Crippen molar-refractivity contribution in [3.63, 3.8) is 0 Å². The zero-order valence-corrected chi connectivity index (χ0v) is 13.4. The highest BCUT2D eigenvalue weighted by atomic mass is 127. The molecule has 2 aromatic carbocycles. The van der Waals surface area contributed by atoms with Crippen molar-refractivity contribution in [2.24, 2.45) is 0 Å². The third-order valence-corrected chi connectivity index (χ3v) is 4.43. The Kier molecular flexibility index (Phi) is 3.99. The van der Waals surface area contributed by atoms with E-state index in [1.54, 1.807) is 0 Å². The summed E-state index contributed by atoms with van der Waals surface area (Å²) in [6.45, 7) is 0.811. The lowest BCUT2D eigenvalue weighted by atomic mass is 10.1. The number of anilines is 1. The van der Waals surface area contributed by atoms with Gasteiger partial charge in [-0.3, -0.25) is 0 Å². The summed E-state index contributed by atoms with van der Waals surface area (Å²) in [5.74, 6) is 0.827. The van der Waals surface area contributed by atoms with Gasteiger partial charge in [-0.2, -0.15) is 0 Å². The van der Waals surface area contributed by atoms with Crippen LogP contribution in [0.1, 0.15) is 29.9 Å². The molecule has 3 heteroatoms. The van der Waals surface area contributed by atoms with Crippen LogP contribution in [0.5, 0.6) is 0 Å². The maximum atomic E-state index is 6.20. The summed E-state index contributed by atoms with van der Waals surface area (Å²) >= 11 is 8.47. The summed E-state index contributed by atoms with van der Waals surface area (Å²) in [5.41, 5.74) is 3.77. The molecule has 19 heavy (non-hydrogen) atoms. The van der Waals surface area contributed by atoms with Gasteiger partial charge >= 0.3 is 0 Å². The molecule has 0 saturated heterocycles. The molecule has 1 N–H and O–H groups in total. The first-order valence-corrected chi connectivity index (χ1v) is 7.96. The standard InChI is InChI=1S/C16H15ClIN/c17-15-9-14(18)7-8-16(15)19-10-11-1-3-12(4-2-11)13-5-6-13/h1-4,7-9,13,19H,5-6,10H2. The van der Waals surface area contributed by atoms with E-state index in [1.807, 2.05) is 12.1 Å². The van der Waals surface area contributed by atoms with E-state index in [-0.39, 0.29) is 0 Å². The molecular formula is C16H15ClIN. The van der Waals surface area contributed by atoms with Crippen LogP contribution in [0.25, 0.3) is 0 Å². The smallest absolute Gasteiger partial charge is 0.0648 e. The minimum atomic E-state index is 0.779. The summed E-state index contributed by atoms with van der Waals surface area (Å²) in [6, 6.07) is 15.0. The Bertz CT molecular complexity index is 576. The molecule has 0 unspecified atom stereocenters. The number of nitrogens with one attached hydrogen (secondary N) is 1. The van der Waals surface area contributed by atoms with Crippen LogP contribution in [0.15, 0.2) is 42.5 Å².